The van der Waals surface area contributed by atoms with Crippen molar-refractivity contribution >= 4 is 41.9 Å². The lowest BCUT2D eigenvalue weighted by atomic mass is 10.1. The number of rotatable bonds is 46. The Bertz CT molecular complexity index is 1500. The van der Waals surface area contributed by atoms with Crippen LogP contribution in [0.15, 0.2) is 0 Å². The van der Waals surface area contributed by atoms with Crippen molar-refractivity contribution in [1.29, 1.82) is 0 Å². The number of hydrogen-bond donors (Lipinski definition) is 0. The monoisotopic (exact) mass is 1060 g/mol. The molecule has 0 aromatic carbocycles. The van der Waals surface area contributed by atoms with E-state index in [0.29, 0.717) is 38.1 Å². The summed E-state index contributed by atoms with van der Waals surface area (Å²) in [6, 6.07) is -0.393. The largest absolute Gasteiger partial charge is 0.465 e. The minimum atomic E-state index is -0.772. The van der Waals surface area contributed by atoms with Crippen molar-refractivity contribution in [1.82, 2.24) is 9.80 Å². The van der Waals surface area contributed by atoms with Gasteiger partial charge in [0.25, 0.3) is 0 Å². The van der Waals surface area contributed by atoms with Crippen molar-refractivity contribution in [2.75, 3.05) is 59.8 Å². The Balaban J connectivity index is 2.12. The van der Waals surface area contributed by atoms with Crippen LogP contribution in [-0.4, -0.2) is 130 Å². The summed E-state index contributed by atoms with van der Waals surface area (Å²) in [5.74, 6) is -4.02. The normalized spacial score (nSPS) is 16.6. The number of likely N-dealkylation sites (tertiary alicyclic amines) is 2. The van der Waals surface area contributed by atoms with E-state index in [9.17, 15) is 33.6 Å². The summed E-state index contributed by atoms with van der Waals surface area (Å²) in [6.45, 7) is 9.08. The summed E-state index contributed by atoms with van der Waals surface area (Å²) in [6.07, 6.45) is 26.7. The van der Waals surface area contributed by atoms with Crippen LogP contribution in [0, 0.1) is 11.8 Å². The van der Waals surface area contributed by atoms with Gasteiger partial charge in [0.2, 0.25) is 0 Å². The fourth-order valence-corrected chi connectivity index (χ4v) is 9.67. The van der Waals surface area contributed by atoms with Crippen molar-refractivity contribution in [2.45, 2.75) is 264 Å². The molecule has 16 heteroatoms. The topological polar surface area (TPSA) is 191 Å². The van der Waals surface area contributed by atoms with Crippen molar-refractivity contribution in [3.63, 3.8) is 0 Å². The van der Waals surface area contributed by atoms with Gasteiger partial charge in [0.05, 0.1) is 58.5 Å². The van der Waals surface area contributed by atoms with Gasteiger partial charge in [0.15, 0.2) is 0 Å². The standard InChI is InChI=1S/C59H104N2O14/c1-6-10-14-18-22-26-32-53(62)70-43-48(44-71-54(63)33-27-23-19-15-11-7-2)39-57(66)74-47-51-41-52(42-61(51)59(68)69-38-36-50-31-30-37-60(50)5)75-58(67)40-49(45-72-55(64)34-28-24-20-16-12-8-3)46-73-56(65)35-29-25-21-17-13-9-4/h48-52H,6-47H2,1-5H3/t50?,51-,52+/m0/s1. The molecular formula is C59H104N2O14. The molecule has 2 rings (SSSR count). The number of nitrogens with zero attached hydrogens (tertiary/aromatic N) is 2. The molecule has 1 unspecified atom stereocenters. The van der Waals surface area contributed by atoms with Crippen LogP contribution in [-0.2, 0) is 61.9 Å². The van der Waals surface area contributed by atoms with Gasteiger partial charge in [0.1, 0.15) is 12.7 Å². The van der Waals surface area contributed by atoms with E-state index in [-0.39, 0.29) is 115 Å². The number of ether oxygens (including phenoxy) is 7. The summed E-state index contributed by atoms with van der Waals surface area (Å²) >= 11 is 0. The zero-order valence-corrected chi connectivity index (χ0v) is 47.7. The van der Waals surface area contributed by atoms with Crippen LogP contribution < -0.4 is 0 Å². The Morgan fingerprint density at radius 1 is 0.453 bits per heavy atom. The van der Waals surface area contributed by atoms with Crippen LogP contribution in [0.5, 0.6) is 0 Å². The second-order valence-electron chi connectivity index (χ2n) is 21.5. The zero-order valence-electron chi connectivity index (χ0n) is 47.7. The molecule has 0 aromatic rings. The molecule has 0 radical (unpaired) electrons. The van der Waals surface area contributed by atoms with E-state index in [1.165, 1.54) is 4.90 Å². The number of amides is 1. The molecule has 0 N–H and O–H groups in total. The minimum Gasteiger partial charge on any atom is -0.465 e. The molecule has 2 fully saturated rings. The molecule has 16 nitrogen and oxygen atoms in total. The first kappa shape index (κ1) is 67.2. The predicted molar refractivity (Wildman–Crippen MR) is 290 cm³/mol. The van der Waals surface area contributed by atoms with Gasteiger partial charge in [-0.05, 0) is 58.5 Å². The van der Waals surface area contributed by atoms with E-state index < -0.39 is 42.0 Å². The van der Waals surface area contributed by atoms with Crippen molar-refractivity contribution < 1.29 is 66.7 Å². The summed E-state index contributed by atoms with van der Waals surface area (Å²) in [5.41, 5.74) is 0. The summed E-state index contributed by atoms with van der Waals surface area (Å²) in [5, 5.41) is 0. The Kier molecular flexibility index (Phi) is 39.5. The first-order chi connectivity index (χ1) is 36.4. The molecule has 2 heterocycles. The van der Waals surface area contributed by atoms with Crippen molar-refractivity contribution in [2.24, 2.45) is 11.8 Å². The van der Waals surface area contributed by atoms with Crippen LogP contribution in [0.2, 0.25) is 0 Å². The molecule has 3 atom stereocenters. The van der Waals surface area contributed by atoms with E-state index in [4.69, 9.17) is 33.2 Å². The summed E-state index contributed by atoms with van der Waals surface area (Å²) < 4.78 is 39.9. The maximum Gasteiger partial charge on any atom is 0.410 e. The molecule has 2 aliphatic heterocycles. The van der Waals surface area contributed by atoms with E-state index in [1.54, 1.807) is 0 Å². The third-order valence-corrected chi connectivity index (χ3v) is 14.5. The van der Waals surface area contributed by atoms with E-state index >= 15 is 0 Å². The number of esters is 6. The molecule has 1 amide bonds. The maximum absolute atomic E-state index is 13.7. The van der Waals surface area contributed by atoms with E-state index in [2.05, 4.69) is 39.6 Å². The lowest BCUT2D eigenvalue weighted by molar-refractivity contribution is -0.157. The number of hydrogen-bond acceptors (Lipinski definition) is 15. The third kappa shape index (κ3) is 34.4. The third-order valence-electron chi connectivity index (χ3n) is 14.5. The van der Waals surface area contributed by atoms with Gasteiger partial charge in [-0.15, -0.1) is 0 Å². The van der Waals surface area contributed by atoms with Gasteiger partial charge < -0.3 is 38.1 Å². The van der Waals surface area contributed by atoms with Gasteiger partial charge in [-0.1, -0.05) is 156 Å². The van der Waals surface area contributed by atoms with Crippen molar-refractivity contribution in [3.8, 4) is 0 Å². The average Bonchev–Trinajstić information content (AvgIpc) is 4.00. The van der Waals surface area contributed by atoms with Crippen molar-refractivity contribution in [3.05, 3.63) is 0 Å². The second-order valence-corrected chi connectivity index (χ2v) is 21.5. The van der Waals surface area contributed by atoms with Gasteiger partial charge in [-0.2, -0.15) is 0 Å². The highest BCUT2D eigenvalue weighted by Crippen LogP contribution is 2.25. The quantitative estimate of drug-likeness (QED) is 0.0317. The fourth-order valence-electron chi connectivity index (χ4n) is 9.67. The number of carbonyl (C=O) groups excluding carboxylic acids is 7. The van der Waals surface area contributed by atoms with E-state index in [1.807, 2.05) is 0 Å². The van der Waals surface area contributed by atoms with Gasteiger partial charge >= 0.3 is 41.9 Å². The molecule has 0 saturated carbocycles. The molecule has 0 aliphatic carbocycles. The number of unbranched alkanes of at least 4 members (excludes halogenated alkanes) is 20. The molecule has 0 bridgehead atoms. The van der Waals surface area contributed by atoms with Crippen LogP contribution in [0.25, 0.3) is 0 Å². The predicted octanol–water partition coefficient (Wildman–Crippen LogP) is 12.3. The van der Waals surface area contributed by atoms with E-state index in [0.717, 1.165) is 148 Å². The van der Waals surface area contributed by atoms with Crippen LogP contribution >= 0.6 is 0 Å². The molecule has 0 spiro atoms. The molecular weight excluding hydrogens is 961 g/mol. The summed E-state index contributed by atoms with van der Waals surface area (Å²) in [4.78, 5) is 95.5. The van der Waals surface area contributed by atoms with Gasteiger partial charge in [-0.25, -0.2) is 4.79 Å². The fraction of sp³-hybridized carbons (Fsp3) is 0.881. The Labute approximate surface area is 452 Å². The smallest absolute Gasteiger partial charge is 0.410 e. The van der Waals surface area contributed by atoms with Crippen LogP contribution in [0.3, 0.4) is 0 Å². The highest BCUT2D eigenvalue weighted by Gasteiger charge is 2.40. The molecule has 434 valence electrons. The lowest BCUT2D eigenvalue weighted by Crippen LogP contribution is -2.40. The second kappa shape index (κ2) is 44.1. The van der Waals surface area contributed by atoms with Gasteiger partial charge in [0, 0.05) is 50.0 Å². The summed E-state index contributed by atoms with van der Waals surface area (Å²) in [7, 11) is 2.06. The maximum atomic E-state index is 13.7. The molecule has 75 heavy (non-hydrogen) atoms. The lowest BCUT2D eigenvalue weighted by Gasteiger charge is -2.25. The molecule has 2 saturated heterocycles. The van der Waals surface area contributed by atoms with Crippen LogP contribution in [0.1, 0.15) is 246 Å². The Morgan fingerprint density at radius 2 is 0.840 bits per heavy atom. The first-order valence-corrected chi connectivity index (χ1v) is 30.0. The average molecular weight is 1070 g/mol. The number of carbonyl (C=O) groups is 7. The minimum absolute atomic E-state index is 0.00694. The van der Waals surface area contributed by atoms with Crippen LogP contribution in [0.4, 0.5) is 4.79 Å². The highest BCUT2D eigenvalue weighted by molar-refractivity contribution is 5.73. The molecule has 0 aromatic heterocycles. The SMILES string of the molecule is CCCCCCCCC(=O)OCC(COC(=O)CCCCCCCC)CC(=O)OC[C@@H]1C[C@@H](OC(=O)CC(COC(=O)CCCCCCCC)COC(=O)CCCCCCCC)CN1C(=O)OCCC1CCCN1C. The van der Waals surface area contributed by atoms with Gasteiger partial charge in [-0.3, -0.25) is 33.7 Å². The molecule has 2 aliphatic rings. The highest BCUT2D eigenvalue weighted by atomic mass is 16.6. The Morgan fingerprint density at radius 3 is 1.23 bits per heavy atom. The zero-order chi connectivity index (χ0) is 54.7. The Hall–Kier alpha value is -3.95. The first-order valence-electron chi connectivity index (χ1n) is 30.0.